The third kappa shape index (κ3) is 2.77. The summed E-state index contributed by atoms with van der Waals surface area (Å²) in [5.41, 5.74) is 2.01. The van der Waals surface area contributed by atoms with Crippen LogP contribution in [0.2, 0.25) is 0 Å². The van der Waals surface area contributed by atoms with Gasteiger partial charge in [-0.1, -0.05) is 25.1 Å². The summed E-state index contributed by atoms with van der Waals surface area (Å²) in [7, 11) is 0. The molecule has 0 amide bonds. The lowest BCUT2D eigenvalue weighted by Gasteiger charge is -2.11. The van der Waals surface area contributed by atoms with Crippen LogP contribution >= 0.6 is 28.1 Å². The first-order chi connectivity index (χ1) is 9.24. The number of halogens is 1. The van der Waals surface area contributed by atoms with E-state index in [1.165, 1.54) is 31.4 Å². The van der Waals surface area contributed by atoms with Gasteiger partial charge in [-0.3, -0.25) is 4.98 Å². The summed E-state index contributed by atoms with van der Waals surface area (Å²) in [5, 5.41) is 0. The van der Waals surface area contributed by atoms with Crippen LogP contribution in [0.15, 0.2) is 28.9 Å². The van der Waals surface area contributed by atoms with Gasteiger partial charge in [0.05, 0.1) is 0 Å². The largest absolute Gasteiger partial charge is 0.342 e. The maximum Gasteiger partial charge on any atom is 0.158 e. The van der Waals surface area contributed by atoms with Gasteiger partial charge < -0.3 is 4.98 Å². The molecule has 1 saturated carbocycles. The Morgan fingerprint density at radius 3 is 2.84 bits per heavy atom. The second kappa shape index (κ2) is 5.51. The van der Waals surface area contributed by atoms with Crippen LogP contribution in [0.25, 0.3) is 11.5 Å². The zero-order chi connectivity index (χ0) is 13.2. The number of hydrogen-bond acceptors (Lipinski definition) is 3. The van der Waals surface area contributed by atoms with Crippen LogP contribution in [0.1, 0.15) is 37.3 Å². The summed E-state index contributed by atoms with van der Waals surface area (Å²) in [4.78, 5) is 12.2. The molecule has 2 aromatic heterocycles. The van der Waals surface area contributed by atoms with E-state index in [1.54, 1.807) is 6.20 Å². The number of pyridine rings is 1. The third-order valence-corrected chi connectivity index (χ3v) is 4.39. The molecule has 1 aliphatic rings. The lowest BCUT2D eigenvalue weighted by atomic mass is 10.0. The Labute approximate surface area is 125 Å². The maximum absolute atomic E-state index is 5.29. The van der Waals surface area contributed by atoms with Crippen molar-refractivity contribution in [1.29, 1.82) is 0 Å². The highest BCUT2D eigenvalue weighted by molar-refractivity contribution is 9.10. The van der Waals surface area contributed by atoms with Crippen LogP contribution in [0.5, 0.6) is 0 Å². The molecule has 0 atom stereocenters. The monoisotopic (exact) mass is 335 g/mol. The molecule has 0 bridgehead atoms. The Balaban J connectivity index is 2.07. The van der Waals surface area contributed by atoms with Gasteiger partial charge in [-0.25, -0.2) is 4.98 Å². The Kier molecular flexibility index (Phi) is 3.75. The number of hydrogen-bond donors (Lipinski definition) is 1. The Hall–Kier alpha value is -1.07. The van der Waals surface area contributed by atoms with Crippen LogP contribution in [-0.4, -0.2) is 15.0 Å². The van der Waals surface area contributed by atoms with Gasteiger partial charge >= 0.3 is 0 Å². The molecular formula is C14H14BrN3S. The summed E-state index contributed by atoms with van der Waals surface area (Å²) in [6.07, 6.45) is 6.84. The van der Waals surface area contributed by atoms with Crippen molar-refractivity contribution in [3.05, 3.63) is 39.2 Å². The molecule has 2 heterocycles. The molecule has 3 rings (SSSR count). The van der Waals surface area contributed by atoms with E-state index < -0.39 is 0 Å². The normalized spacial score (nSPS) is 15.8. The number of nitrogens with one attached hydrogen (secondary N) is 1. The van der Waals surface area contributed by atoms with Gasteiger partial charge in [0.15, 0.2) is 5.82 Å². The molecule has 2 aromatic rings. The molecule has 0 spiro atoms. The van der Waals surface area contributed by atoms with Crippen LogP contribution in [0.4, 0.5) is 0 Å². The maximum atomic E-state index is 5.29. The first-order valence-corrected chi connectivity index (χ1v) is 7.66. The lowest BCUT2D eigenvalue weighted by Crippen LogP contribution is -2.01. The van der Waals surface area contributed by atoms with Gasteiger partial charge in [-0.2, -0.15) is 0 Å². The average molecular weight is 336 g/mol. The van der Waals surface area contributed by atoms with Crippen LogP contribution in [0.3, 0.4) is 0 Å². The lowest BCUT2D eigenvalue weighted by molar-refractivity contribution is 0.694. The molecule has 1 aliphatic carbocycles. The van der Waals surface area contributed by atoms with Crippen molar-refractivity contribution in [3.8, 4) is 11.5 Å². The molecule has 0 saturated heterocycles. The highest BCUT2D eigenvalue weighted by atomic mass is 79.9. The SMILES string of the molecule is S=c1cc(C2CCCC2)[nH]c(-c2ncccc2Br)n1. The van der Waals surface area contributed by atoms with Gasteiger partial charge in [0.1, 0.15) is 10.3 Å². The van der Waals surface area contributed by atoms with Crippen molar-refractivity contribution >= 4 is 28.1 Å². The predicted molar refractivity (Wildman–Crippen MR) is 81.6 cm³/mol. The zero-order valence-corrected chi connectivity index (χ0v) is 12.8. The van der Waals surface area contributed by atoms with Crippen LogP contribution in [0, 0.1) is 4.64 Å². The second-order valence-electron chi connectivity index (χ2n) is 4.84. The molecule has 0 aliphatic heterocycles. The zero-order valence-electron chi connectivity index (χ0n) is 10.4. The van der Waals surface area contributed by atoms with Crippen molar-refractivity contribution in [3.63, 3.8) is 0 Å². The first-order valence-electron chi connectivity index (χ1n) is 6.46. The molecule has 0 radical (unpaired) electrons. The molecule has 5 heteroatoms. The van der Waals surface area contributed by atoms with Gasteiger partial charge in [-0.05, 0) is 52.9 Å². The van der Waals surface area contributed by atoms with E-state index in [4.69, 9.17) is 12.2 Å². The van der Waals surface area contributed by atoms with E-state index in [9.17, 15) is 0 Å². The van der Waals surface area contributed by atoms with E-state index in [1.807, 2.05) is 18.2 Å². The van der Waals surface area contributed by atoms with Crippen LogP contribution in [-0.2, 0) is 0 Å². The van der Waals surface area contributed by atoms with Gasteiger partial charge in [-0.15, -0.1) is 0 Å². The number of H-pyrrole nitrogens is 1. The Bertz CT molecular complexity index is 647. The Morgan fingerprint density at radius 1 is 1.32 bits per heavy atom. The topological polar surface area (TPSA) is 41.6 Å². The van der Waals surface area contributed by atoms with E-state index in [-0.39, 0.29) is 0 Å². The molecule has 98 valence electrons. The number of aromatic nitrogens is 3. The highest BCUT2D eigenvalue weighted by Crippen LogP contribution is 2.34. The van der Waals surface area contributed by atoms with Gasteiger partial charge in [0.2, 0.25) is 0 Å². The molecule has 0 aromatic carbocycles. The molecule has 1 N–H and O–H groups in total. The summed E-state index contributed by atoms with van der Waals surface area (Å²) >= 11 is 8.80. The highest BCUT2D eigenvalue weighted by Gasteiger charge is 2.19. The van der Waals surface area contributed by atoms with Crippen molar-refractivity contribution in [2.45, 2.75) is 31.6 Å². The fourth-order valence-corrected chi connectivity index (χ4v) is 3.27. The quantitative estimate of drug-likeness (QED) is 0.814. The summed E-state index contributed by atoms with van der Waals surface area (Å²) in [5.74, 6) is 1.34. The van der Waals surface area contributed by atoms with E-state index >= 15 is 0 Å². The summed E-state index contributed by atoms with van der Waals surface area (Å²) in [6.45, 7) is 0. The molecule has 3 nitrogen and oxygen atoms in total. The van der Waals surface area contributed by atoms with Crippen molar-refractivity contribution < 1.29 is 0 Å². The standard InChI is InChI=1S/C14H14BrN3S/c15-10-6-3-7-16-13(10)14-17-11(8-12(19)18-14)9-4-1-2-5-9/h3,6-9H,1-2,4-5H2,(H,17,18,19). The van der Waals surface area contributed by atoms with Crippen molar-refractivity contribution in [2.75, 3.05) is 0 Å². The predicted octanol–water partition coefficient (Wildman–Crippen LogP) is 4.62. The van der Waals surface area contributed by atoms with Crippen LogP contribution < -0.4 is 0 Å². The minimum Gasteiger partial charge on any atom is -0.342 e. The fraction of sp³-hybridized carbons (Fsp3) is 0.357. The minimum atomic E-state index is 0.589. The summed E-state index contributed by atoms with van der Waals surface area (Å²) < 4.78 is 1.56. The second-order valence-corrected chi connectivity index (χ2v) is 6.11. The molecule has 1 fully saturated rings. The smallest absolute Gasteiger partial charge is 0.158 e. The average Bonchev–Trinajstić information content (AvgIpc) is 2.92. The minimum absolute atomic E-state index is 0.589. The number of rotatable bonds is 2. The van der Waals surface area contributed by atoms with Crippen molar-refractivity contribution in [1.82, 2.24) is 15.0 Å². The van der Waals surface area contributed by atoms with E-state index in [0.29, 0.717) is 10.6 Å². The number of aromatic amines is 1. The van der Waals surface area contributed by atoms with Gasteiger partial charge in [0.25, 0.3) is 0 Å². The van der Waals surface area contributed by atoms with E-state index in [2.05, 4.69) is 30.9 Å². The Morgan fingerprint density at radius 2 is 2.11 bits per heavy atom. The number of nitrogens with zero attached hydrogens (tertiary/aromatic N) is 2. The fourth-order valence-electron chi connectivity index (χ4n) is 2.61. The van der Waals surface area contributed by atoms with Crippen molar-refractivity contribution in [2.24, 2.45) is 0 Å². The molecular weight excluding hydrogens is 322 g/mol. The molecule has 0 unspecified atom stereocenters. The third-order valence-electron chi connectivity index (χ3n) is 3.54. The summed E-state index contributed by atoms with van der Waals surface area (Å²) in [6, 6.07) is 5.85. The first kappa shape index (κ1) is 12.9. The van der Waals surface area contributed by atoms with E-state index in [0.717, 1.165) is 16.0 Å². The molecule has 19 heavy (non-hydrogen) atoms. The van der Waals surface area contributed by atoms with Gasteiger partial charge in [0, 0.05) is 16.4 Å².